The maximum Gasteiger partial charge on any atom is 0.387 e. The lowest BCUT2D eigenvalue weighted by Gasteiger charge is -2.39. The minimum atomic E-state index is -2.90. The van der Waals surface area contributed by atoms with Crippen LogP contribution in [0, 0.1) is 5.92 Å². The van der Waals surface area contributed by atoms with E-state index in [1.807, 2.05) is 29.3 Å². The maximum atomic E-state index is 13.1. The van der Waals surface area contributed by atoms with Gasteiger partial charge in [-0.3, -0.25) is 10.6 Å². The molecule has 0 spiro atoms. The van der Waals surface area contributed by atoms with Crippen molar-refractivity contribution in [3.63, 3.8) is 0 Å². The third-order valence-corrected chi connectivity index (χ3v) is 6.24. The van der Waals surface area contributed by atoms with E-state index in [1.54, 1.807) is 18.0 Å². The fourth-order valence-corrected chi connectivity index (χ4v) is 4.79. The lowest BCUT2D eigenvalue weighted by atomic mass is 9.81. The predicted octanol–water partition coefficient (Wildman–Crippen LogP) is 4.07. The van der Waals surface area contributed by atoms with Crippen molar-refractivity contribution in [3.05, 3.63) is 59.2 Å². The summed E-state index contributed by atoms with van der Waals surface area (Å²) in [4.78, 5) is 13.8. The number of hydrogen-bond acceptors (Lipinski definition) is 4. The fourth-order valence-electron chi connectivity index (χ4n) is 4.79. The number of hydrazine groups is 1. The van der Waals surface area contributed by atoms with Crippen molar-refractivity contribution >= 4 is 11.6 Å². The van der Waals surface area contributed by atoms with Crippen LogP contribution < -0.4 is 15.5 Å². The number of carbonyl (C=O) groups is 1. The third-order valence-electron chi connectivity index (χ3n) is 6.24. The van der Waals surface area contributed by atoms with Gasteiger partial charge in [0, 0.05) is 25.7 Å². The predicted molar refractivity (Wildman–Crippen MR) is 111 cm³/mol. The van der Waals surface area contributed by atoms with Crippen molar-refractivity contribution in [1.82, 2.24) is 5.01 Å². The molecule has 0 aromatic heterocycles. The molecule has 2 aromatic carbocycles. The number of anilines is 1. The highest BCUT2D eigenvalue weighted by Crippen LogP contribution is 2.40. The molecule has 1 amide bonds. The van der Waals surface area contributed by atoms with Gasteiger partial charge in [0.15, 0.2) is 0 Å². The van der Waals surface area contributed by atoms with Crippen LogP contribution in [0.15, 0.2) is 42.5 Å². The standard InChI is InChI=1S/C23H27F2N3O2/c1-27-19-13-18(20(30-23(24)25)14-16(19)9-10-21(27)29)12-17-8-5-11-28(26)22(17)15-6-3-2-4-7-15/h2-4,6-7,13-14,17,22-23H,5,8-12,26H2,1H3/t17-,22+/m0/s1. The number of carbonyl (C=O) groups excluding carboxylic acids is 1. The fraction of sp³-hybridized carbons (Fsp3) is 0.435. The van der Waals surface area contributed by atoms with E-state index in [9.17, 15) is 13.6 Å². The Hall–Kier alpha value is -2.51. The molecule has 4 rings (SSSR count). The Kier molecular flexibility index (Phi) is 6.01. The highest BCUT2D eigenvalue weighted by molar-refractivity contribution is 5.96. The first-order valence-corrected chi connectivity index (χ1v) is 10.4. The number of piperidine rings is 1. The number of halogens is 2. The molecule has 30 heavy (non-hydrogen) atoms. The molecule has 0 unspecified atom stereocenters. The van der Waals surface area contributed by atoms with Gasteiger partial charge in [0.25, 0.3) is 0 Å². The summed E-state index contributed by atoms with van der Waals surface area (Å²) in [6.07, 6.45) is 3.33. The number of amides is 1. The second-order valence-electron chi connectivity index (χ2n) is 8.12. The average Bonchev–Trinajstić information content (AvgIpc) is 2.72. The molecule has 1 saturated heterocycles. The molecule has 2 atom stereocenters. The molecule has 5 nitrogen and oxygen atoms in total. The number of alkyl halides is 2. The van der Waals surface area contributed by atoms with Gasteiger partial charge in [-0.1, -0.05) is 30.3 Å². The van der Waals surface area contributed by atoms with Crippen LogP contribution in [0.2, 0.25) is 0 Å². The summed E-state index contributed by atoms with van der Waals surface area (Å²) in [6.45, 7) is -2.11. The summed E-state index contributed by atoms with van der Waals surface area (Å²) < 4.78 is 31.2. The summed E-state index contributed by atoms with van der Waals surface area (Å²) in [6, 6.07) is 13.6. The Morgan fingerprint density at radius 3 is 2.70 bits per heavy atom. The summed E-state index contributed by atoms with van der Waals surface area (Å²) in [5.41, 5.74) is 3.45. The van der Waals surface area contributed by atoms with Gasteiger partial charge in [-0.25, -0.2) is 5.01 Å². The molecule has 0 aliphatic carbocycles. The van der Waals surface area contributed by atoms with Gasteiger partial charge in [-0.05, 0) is 60.4 Å². The van der Waals surface area contributed by atoms with Gasteiger partial charge >= 0.3 is 6.61 Å². The number of benzene rings is 2. The lowest BCUT2D eigenvalue weighted by molar-refractivity contribution is -0.118. The third kappa shape index (κ3) is 4.18. The van der Waals surface area contributed by atoms with Crippen LogP contribution in [0.3, 0.4) is 0 Å². The molecule has 2 aliphatic rings. The van der Waals surface area contributed by atoms with Gasteiger partial charge in [-0.2, -0.15) is 8.78 Å². The number of fused-ring (bicyclic) bond motifs is 1. The van der Waals surface area contributed by atoms with Crippen LogP contribution in [-0.4, -0.2) is 31.1 Å². The van der Waals surface area contributed by atoms with Crippen LogP contribution in [0.5, 0.6) is 5.75 Å². The molecular formula is C23H27F2N3O2. The largest absolute Gasteiger partial charge is 0.435 e. The first kappa shape index (κ1) is 20.8. The van der Waals surface area contributed by atoms with Crippen molar-refractivity contribution in [2.24, 2.45) is 11.8 Å². The Labute approximate surface area is 175 Å². The number of ether oxygens (including phenoxy) is 1. The van der Waals surface area contributed by atoms with Gasteiger partial charge in [0.1, 0.15) is 5.75 Å². The smallest absolute Gasteiger partial charge is 0.387 e. The molecule has 2 aliphatic heterocycles. The van der Waals surface area contributed by atoms with Crippen LogP contribution in [0.4, 0.5) is 14.5 Å². The minimum absolute atomic E-state index is 0.00487. The van der Waals surface area contributed by atoms with Crippen molar-refractivity contribution in [3.8, 4) is 5.75 Å². The number of rotatable bonds is 5. The molecule has 1 fully saturated rings. The SMILES string of the molecule is CN1C(=O)CCc2cc(OC(F)F)c(C[C@@H]3CCCN(N)[C@@H]3c3ccccc3)cc21. The van der Waals surface area contributed by atoms with Crippen molar-refractivity contribution < 1.29 is 18.3 Å². The van der Waals surface area contributed by atoms with Crippen LogP contribution in [0.25, 0.3) is 0 Å². The molecule has 2 N–H and O–H groups in total. The number of nitrogens with zero attached hydrogens (tertiary/aromatic N) is 2. The Balaban J connectivity index is 1.70. The molecule has 160 valence electrons. The second kappa shape index (κ2) is 8.70. The highest BCUT2D eigenvalue weighted by atomic mass is 19.3. The van der Waals surface area contributed by atoms with E-state index in [2.05, 4.69) is 12.1 Å². The number of hydrogen-bond donors (Lipinski definition) is 1. The van der Waals surface area contributed by atoms with Crippen molar-refractivity contribution in [1.29, 1.82) is 0 Å². The van der Waals surface area contributed by atoms with Gasteiger partial charge in [0.2, 0.25) is 5.91 Å². The zero-order chi connectivity index (χ0) is 21.3. The van der Waals surface area contributed by atoms with E-state index in [1.165, 1.54) is 0 Å². The van der Waals surface area contributed by atoms with Crippen LogP contribution in [-0.2, 0) is 17.6 Å². The lowest BCUT2D eigenvalue weighted by Crippen LogP contribution is -2.44. The molecular weight excluding hydrogens is 388 g/mol. The number of nitrogens with two attached hydrogens (primary N) is 1. The van der Waals surface area contributed by atoms with Gasteiger partial charge in [-0.15, -0.1) is 0 Å². The van der Waals surface area contributed by atoms with E-state index in [4.69, 9.17) is 10.6 Å². The molecule has 7 heteroatoms. The molecule has 0 bridgehead atoms. The van der Waals surface area contributed by atoms with Gasteiger partial charge < -0.3 is 9.64 Å². The van der Waals surface area contributed by atoms with Crippen molar-refractivity contribution in [2.75, 3.05) is 18.5 Å². The van der Waals surface area contributed by atoms with Crippen molar-refractivity contribution in [2.45, 2.75) is 44.8 Å². The van der Waals surface area contributed by atoms with E-state index in [0.29, 0.717) is 24.8 Å². The Morgan fingerprint density at radius 2 is 1.97 bits per heavy atom. The zero-order valence-electron chi connectivity index (χ0n) is 17.1. The monoisotopic (exact) mass is 415 g/mol. The average molecular weight is 415 g/mol. The van der Waals surface area contributed by atoms with Crippen LogP contribution >= 0.6 is 0 Å². The summed E-state index contributed by atoms with van der Waals surface area (Å²) in [5.74, 6) is 6.73. The van der Waals surface area contributed by atoms with E-state index in [0.717, 1.165) is 36.2 Å². The first-order valence-electron chi connectivity index (χ1n) is 10.4. The normalized spacial score (nSPS) is 22.3. The van der Waals surface area contributed by atoms with Gasteiger partial charge in [0.05, 0.1) is 6.04 Å². The van der Waals surface area contributed by atoms with E-state index in [-0.39, 0.29) is 23.6 Å². The summed E-state index contributed by atoms with van der Waals surface area (Å²) >= 11 is 0. The molecule has 2 heterocycles. The summed E-state index contributed by atoms with van der Waals surface area (Å²) in [5, 5.41) is 1.85. The molecule has 2 aromatic rings. The molecule has 0 saturated carbocycles. The quantitative estimate of drug-likeness (QED) is 0.748. The minimum Gasteiger partial charge on any atom is -0.435 e. The topological polar surface area (TPSA) is 58.8 Å². The Bertz CT molecular complexity index is 907. The highest BCUT2D eigenvalue weighted by Gasteiger charge is 2.33. The molecule has 0 radical (unpaired) electrons. The summed E-state index contributed by atoms with van der Waals surface area (Å²) in [7, 11) is 1.73. The Morgan fingerprint density at radius 1 is 1.20 bits per heavy atom. The second-order valence-corrected chi connectivity index (χ2v) is 8.12. The van der Waals surface area contributed by atoms with E-state index >= 15 is 0 Å². The zero-order valence-corrected chi connectivity index (χ0v) is 17.1. The maximum absolute atomic E-state index is 13.1. The van der Waals surface area contributed by atoms with E-state index < -0.39 is 6.61 Å². The first-order chi connectivity index (χ1) is 14.4. The number of aryl methyl sites for hydroxylation is 1. The van der Waals surface area contributed by atoms with Crippen LogP contribution in [0.1, 0.15) is 42.0 Å².